The molecule has 362 valence electrons. The molecule has 2 aliphatic heterocycles. The molecule has 0 aliphatic carbocycles. The van der Waals surface area contributed by atoms with Crippen LogP contribution in [-0.4, -0.2) is 89.9 Å². The lowest BCUT2D eigenvalue weighted by molar-refractivity contribution is -0.136. The van der Waals surface area contributed by atoms with Crippen LogP contribution in [-0.2, 0) is 47.0 Å². The summed E-state index contributed by atoms with van der Waals surface area (Å²) in [5.74, 6) is -0.952. The lowest BCUT2D eigenvalue weighted by atomic mass is 10.0. The van der Waals surface area contributed by atoms with Crippen LogP contribution >= 0.6 is 15.6 Å². The van der Waals surface area contributed by atoms with Crippen LogP contribution in [0.4, 0.5) is 19.0 Å². The number of aromatic nitrogens is 4. The highest BCUT2D eigenvalue weighted by molar-refractivity contribution is 7.61. The van der Waals surface area contributed by atoms with E-state index in [1.807, 2.05) is 40.8 Å². The molecule has 2 aliphatic rings. The zero-order chi connectivity index (χ0) is 48.5. The molecule has 19 nitrogen and oxygen atoms in total. The Morgan fingerprint density at radius 3 is 2.00 bits per heavy atom. The van der Waals surface area contributed by atoms with Crippen molar-refractivity contribution in [2.24, 2.45) is 11.8 Å². The molecule has 65 heavy (non-hydrogen) atoms. The van der Waals surface area contributed by atoms with Gasteiger partial charge in [0.2, 0.25) is 6.29 Å². The summed E-state index contributed by atoms with van der Waals surface area (Å²) in [4.78, 5) is 46.3. The minimum Gasteiger partial charge on any atom is -0.464 e. The van der Waals surface area contributed by atoms with Crippen molar-refractivity contribution in [1.82, 2.24) is 19.5 Å². The molecule has 0 bridgehead atoms. The predicted molar refractivity (Wildman–Crippen MR) is 236 cm³/mol. The van der Waals surface area contributed by atoms with Crippen molar-refractivity contribution in [3.8, 4) is 5.75 Å². The number of nitrogens with two attached hydrogens (primary N) is 1. The monoisotopic (exact) mass is 995 g/mol. The fourth-order valence-electron chi connectivity index (χ4n) is 6.94. The number of anilines is 1. The topological polar surface area (TPSA) is 248 Å². The Labute approximate surface area is 375 Å². The van der Waals surface area contributed by atoms with Gasteiger partial charge >= 0.3 is 27.4 Å². The molecule has 5 heterocycles. The molecule has 0 amide bonds. The number of hydrogen-bond donors (Lipinski definition) is 3. The van der Waals surface area contributed by atoms with E-state index in [2.05, 4.69) is 48.8 Å². The van der Waals surface area contributed by atoms with Gasteiger partial charge in [-0.05, 0) is 48.4 Å². The molecule has 3 aromatic heterocycles. The van der Waals surface area contributed by atoms with Gasteiger partial charge in [-0.2, -0.15) is 17.5 Å². The smallest absolute Gasteiger partial charge is 0.464 e. The summed E-state index contributed by atoms with van der Waals surface area (Å²) < 4.78 is 122. The molecule has 2 saturated heterocycles. The number of fused-ring (bicyclic) bond motifs is 2. The number of phosphoric acid groups is 2. The highest BCUT2D eigenvalue weighted by Gasteiger charge is 2.52. The van der Waals surface area contributed by atoms with Crippen molar-refractivity contribution in [2.75, 3.05) is 18.9 Å². The molecule has 5 unspecified atom stereocenters. The lowest BCUT2D eigenvalue weighted by Gasteiger charge is -2.40. The van der Waals surface area contributed by atoms with Gasteiger partial charge in [0.1, 0.15) is 29.3 Å². The Morgan fingerprint density at radius 2 is 1.42 bits per heavy atom. The fraction of sp³-hybridized carbons (Fsp3) is 0.641. The van der Waals surface area contributed by atoms with Crippen LogP contribution in [0.3, 0.4) is 0 Å². The molecule has 2 fully saturated rings. The number of phosphoric ester groups is 2. The average Bonchev–Trinajstić information content (AvgIpc) is 3.81. The van der Waals surface area contributed by atoms with Gasteiger partial charge in [-0.15, -0.1) is 0 Å². The fourth-order valence-corrected chi connectivity index (χ4v) is 11.8. The molecule has 4 aromatic rings. The van der Waals surface area contributed by atoms with E-state index in [0.717, 1.165) is 12.1 Å². The molecule has 26 heteroatoms. The number of nitrogen functional groups attached to an aromatic ring is 1. The summed E-state index contributed by atoms with van der Waals surface area (Å²) in [6.07, 6.45) is -7.57. The van der Waals surface area contributed by atoms with E-state index in [1.54, 1.807) is 11.5 Å². The summed E-state index contributed by atoms with van der Waals surface area (Å²) in [5.41, 5.74) is 3.99. The molecule has 0 radical (unpaired) electrons. The molecular weight excluding hydrogens is 938 g/mol. The van der Waals surface area contributed by atoms with Gasteiger partial charge in [-0.25, -0.2) is 28.9 Å². The van der Waals surface area contributed by atoms with Crippen molar-refractivity contribution in [1.29, 1.82) is 0 Å². The molecule has 0 saturated carbocycles. The third kappa shape index (κ3) is 11.3. The number of ether oxygens (including phenoxy) is 3. The Bertz CT molecular complexity index is 2530. The van der Waals surface area contributed by atoms with Crippen LogP contribution in [0.15, 0.2) is 46.1 Å². The first-order valence-corrected chi connectivity index (χ1v) is 29.6. The maximum Gasteiger partial charge on any atom is 0.481 e. The highest BCUT2D eigenvalue weighted by Crippen LogP contribution is 2.61. The largest absolute Gasteiger partial charge is 0.481 e. The standard InChI is InChI=1S/C39H58F3N5O14P2Si2/c1-21-27(57-35(32(21)60-65(11,12)38(6,7)8)47-20-46-30-33(43)44-19-45-34(30)47)17-53-62(49,50)61-63(51,52)54-18-28-31(59-64(9,10)37(3,4)5)22(2)36(58-28)55-23-13-14-24-25(39(40,41)42)16-29(48)56-26(24)15-23/h13-16,19-22,27-28,31-32,35-36H,17-18H2,1-12H3,(H,49,50)(H,51,52)(H2,43,44,45)/t21-,22-,27?,28?,31+,32-,35-,36?/m1/s1. The number of alkyl halides is 3. The molecule has 4 N–H and O–H groups in total. The number of rotatable bonds is 15. The van der Waals surface area contributed by atoms with Gasteiger partial charge in [0.25, 0.3) is 0 Å². The van der Waals surface area contributed by atoms with E-state index in [4.69, 9.17) is 46.6 Å². The molecule has 6 rings (SSSR count). The number of imidazole rings is 1. The molecule has 10 atom stereocenters. The molecule has 0 spiro atoms. The number of halogens is 3. The number of hydrogen-bond acceptors (Lipinski definition) is 16. The van der Waals surface area contributed by atoms with Crippen molar-refractivity contribution >= 4 is 60.2 Å². The van der Waals surface area contributed by atoms with E-state index >= 15 is 0 Å². The second-order valence-corrected chi connectivity index (χ2v) is 32.0. The van der Waals surface area contributed by atoms with Crippen LogP contribution < -0.4 is 16.1 Å². The lowest BCUT2D eigenvalue weighted by Crippen LogP contribution is -2.48. The SMILES string of the molecule is C[C@@H]1C(COP(=O)(O)OP(=O)(O)OCC2OC(Oc3ccc4c(C(F)(F)F)cc(=O)oc4c3)[C@H](C)[C@@H]2O[Si](C)(C)C(C)(C)C)O[C@@H](n2cnc3c(N)ncnc32)[C@@H]1O[Si](C)(C)C(C)(C)C. The van der Waals surface area contributed by atoms with Gasteiger partial charge < -0.3 is 43.0 Å². The summed E-state index contributed by atoms with van der Waals surface area (Å²) >= 11 is 0. The van der Waals surface area contributed by atoms with E-state index in [9.17, 15) is 36.9 Å². The quantitative estimate of drug-likeness (QED) is 0.0573. The van der Waals surface area contributed by atoms with Crippen molar-refractivity contribution in [2.45, 2.75) is 135 Å². The van der Waals surface area contributed by atoms with Crippen LogP contribution in [0.25, 0.3) is 22.1 Å². The molecular formula is C39H58F3N5O14P2Si2. The maximum atomic E-state index is 13.7. The summed E-state index contributed by atoms with van der Waals surface area (Å²) in [6, 6.07) is 3.83. The van der Waals surface area contributed by atoms with Gasteiger partial charge in [-0.3, -0.25) is 13.6 Å². The Hall–Kier alpha value is -3.10. The summed E-state index contributed by atoms with van der Waals surface area (Å²) in [5, 5.41) is -0.881. The highest BCUT2D eigenvalue weighted by atomic mass is 31.3. The summed E-state index contributed by atoms with van der Waals surface area (Å²) in [7, 11) is -15.8. The minimum absolute atomic E-state index is 0.0132. The Kier molecular flexibility index (Phi) is 14.3. The van der Waals surface area contributed by atoms with Crippen LogP contribution in [0.2, 0.25) is 36.3 Å². The first kappa shape index (κ1) is 51.3. The van der Waals surface area contributed by atoms with E-state index in [1.165, 1.54) is 18.7 Å². The zero-order valence-electron chi connectivity index (χ0n) is 38.2. The normalized spacial score (nSPS) is 26.7. The predicted octanol–water partition coefficient (Wildman–Crippen LogP) is 8.54. The van der Waals surface area contributed by atoms with Crippen LogP contribution in [0.5, 0.6) is 5.75 Å². The number of nitrogens with zero attached hydrogens (tertiary/aromatic N) is 4. The van der Waals surface area contributed by atoms with E-state index in [-0.39, 0.29) is 32.6 Å². The average molecular weight is 996 g/mol. The van der Waals surface area contributed by atoms with Gasteiger partial charge in [0.15, 0.2) is 34.3 Å². The van der Waals surface area contributed by atoms with Crippen molar-refractivity contribution in [3.05, 3.63) is 52.9 Å². The van der Waals surface area contributed by atoms with Crippen molar-refractivity contribution < 1.29 is 72.9 Å². The first-order valence-electron chi connectivity index (χ1n) is 20.8. The van der Waals surface area contributed by atoms with E-state index in [0.29, 0.717) is 17.2 Å². The summed E-state index contributed by atoms with van der Waals surface area (Å²) in [6.45, 7) is 22.5. The van der Waals surface area contributed by atoms with Crippen molar-refractivity contribution in [3.63, 3.8) is 0 Å². The molecule has 1 aromatic carbocycles. The van der Waals surface area contributed by atoms with Gasteiger partial charge in [0.05, 0.1) is 43.4 Å². The van der Waals surface area contributed by atoms with Crippen LogP contribution in [0.1, 0.15) is 67.2 Å². The third-order valence-corrected chi connectivity index (χ3v) is 24.3. The first-order chi connectivity index (χ1) is 29.7. The van der Waals surface area contributed by atoms with E-state index < -0.39 is 112 Å². The third-order valence-electron chi connectivity index (χ3n) is 12.7. The van der Waals surface area contributed by atoms with Crippen LogP contribution in [0, 0.1) is 11.8 Å². The Balaban J connectivity index is 1.16. The second kappa shape index (κ2) is 18.1. The van der Waals surface area contributed by atoms with Gasteiger partial charge in [0, 0.05) is 29.4 Å². The van der Waals surface area contributed by atoms with Gasteiger partial charge in [-0.1, -0.05) is 55.4 Å². The zero-order valence-corrected chi connectivity index (χ0v) is 42.0. The number of benzene rings is 1. The maximum absolute atomic E-state index is 13.7. The second-order valence-electron chi connectivity index (χ2n) is 19.5. The minimum atomic E-state index is -5.39. The Morgan fingerprint density at radius 1 is 0.831 bits per heavy atom.